The van der Waals surface area contributed by atoms with Crippen molar-refractivity contribution in [3.8, 4) is 0 Å². The van der Waals surface area contributed by atoms with Crippen LogP contribution in [0.2, 0.25) is 0 Å². The first kappa shape index (κ1) is 14.7. The molecule has 0 spiro atoms. The topological polar surface area (TPSA) is 47.9 Å². The molecule has 1 aliphatic heterocycles. The number of ether oxygens (including phenoxy) is 2. The summed E-state index contributed by atoms with van der Waals surface area (Å²) in [6.07, 6.45) is 9.42. The third-order valence-corrected chi connectivity index (χ3v) is 2.86. The van der Waals surface area contributed by atoms with Crippen LogP contribution in [0, 0.1) is 0 Å². The van der Waals surface area contributed by atoms with Crippen molar-refractivity contribution in [2.75, 3.05) is 6.73 Å². The fourth-order valence-electron chi connectivity index (χ4n) is 1.78. The van der Waals surface area contributed by atoms with Crippen molar-refractivity contribution in [3.05, 3.63) is 11.8 Å². The van der Waals surface area contributed by atoms with Gasteiger partial charge in [-0.2, -0.15) is 0 Å². The summed E-state index contributed by atoms with van der Waals surface area (Å²) in [5, 5.41) is 0. The number of allylic oxidation sites excluding steroid dienone is 1. The Labute approximate surface area is 109 Å². The predicted molar refractivity (Wildman–Crippen MR) is 71.5 cm³/mol. The zero-order valence-corrected chi connectivity index (χ0v) is 11.4. The van der Waals surface area contributed by atoms with Crippen LogP contribution in [0.4, 0.5) is 0 Å². The summed E-state index contributed by atoms with van der Waals surface area (Å²) < 4.78 is 10.6. The number of unbranched alkanes of at least 4 members (excludes halogenated alkanes) is 2. The molecule has 1 rings (SSSR count). The number of carbonyl (C=O) groups excluding carboxylic acids is 1. The molecule has 4 heteroatoms. The normalized spacial score (nSPS) is 14.3. The molecule has 0 aromatic carbocycles. The van der Waals surface area contributed by atoms with Gasteiger partial charge in [-0.05, 0) is 12.8 Å². The first-order valence-corrected chi connectivity index (χ1v) is 6.81. The Kier molecular flexibility index (Phi) is 7.14. The van der Waals surface area contributed by atoms with Crippen molar-refractivity contribution in [3.63, 3.8) is 0 Å². The van der Waals surface area contributed by atoms with Crippen molar-refractivity contribution in [1.29, 1.82) is 0 Å². The molecule has 1 aliphatic rings. The minimum Gasteiger partial charge on any atom is -0.464 e. The van der Waals surface area contributed by atoms with E-state index in [0.29, 0.717) is 0 Å². The van der Waals surface area contributed by atoms with E-state index >= 15 is 0 Å². The molecule has 0 aromatic rings. The van der Waals surface area contributed by atoms with E-state index in [-0.39, 0.29) is 24.6 Å². The Morgan fingerprint density at radius 2 is 2.06 bits per heavy atom. The van der Waals surface area contributed by atoms with E-state index in [1.807, 2.05) is 0 Å². The molecule has 0 atom stereocenters. The second-order valence-corrected chi connectivity index (χ2v) is 4.45. The van der Waals surface area contributed by atoms with Gasteiger partial charge in [-0.1, -0.05) is 39.5 Å². The molecule has 1 heterocycles. The van der Waals surface area contributed by atoms with Gasteiger partial charge >= 0.3 is 5.97 Å². The van der Waals surface area contributed by atoms with Crippen LogP contribution in [0.1, 0.15) is 52.4 Å². The Bertz CT molecular complexity index is 302. The fourth-order valence-corrected chi connectivity index (χ4v) is 1.78. The predicted octanol–water partition coefficient (Wildman–Crippen LogP) is 3.22. The summed E-state index contributed by atoms with van der Waals surface area (Å²) in [5.41, 5.74) is 0. The second-order valence-electron chi connectivity index (χ2n) is 4.45. The van der Waals surface area contributed by atoms with Crippen LogP contribution in [-0.2, 0) is 14.3 Å². The molecule has 0 radical (unpaired) electrons. The maximum Gasteiger partial charge on any atom is 0.374 e. The highest BCUT2D eigenvalue weighted by molar-refractivity contribution is 5.92. The van der Waals surface area contributed by atoms with Gasteiger partial charge in [-0.15, -0.1) is 0 Å². The monoisotopic (exact) mass is 253 g/mol. The molecule has 0 fully saturated rings. The Morgan fingerprint density at radius 1 is 1.39 bits per heavy atom. The summed E-state index contributed by atoms with van der Waals surface area (Å²) in [5.74, 6) is -0.0960. The molecule has 0 bridgehead atoms. The van der Waals surface area contributed by atoms with Gasteiger partial charge in [0.1, 0.15) is 6.10 Å². The van der Waals surface area contributed by atoms with E-state index in [1.54, 1.807) is 12.3 Å². The van der Waals surface area contributed by atoms with E-state index in [9.17, 15) is 4.79 Å². The zero-order valence-electron chi connectivity index (χ0n) is 11.4. The fraction of sp³-hybridized carbons (Fsp3) is 0.714. The van der Waals surface area contributed by atoms with E-state index in [0.717, 1.165) is 38.5 Å². The number of aliphatic imine (C=N–C) groups is 1. The summed E-state index contributed by atoms with van der Waals surface area (Å²) in [4.78, 5) is 15.7. The summed E-state index contributed by atoms with van der Waals surface area (Å²) in [6.45, 7) is 4.49. The quantitative estimate of drug-likeness (QED) is 0.624. The van der Waals surface area contributed by atoms with Gasteiger partial charge in [0.25, 0.3) is 0 Å². The van der Waals surface area contributed by atoms with Crippen molar-refractivity contribution in [1.82, 2.24) is 0 Å². The van der Waals surface area contributed by atoms with E-state index in [4.69, 9.17) is 9.47 Å². The largest absolute Gasteiger partial charge is 0.464 e. The van der Waals surface area contributed by atoms with Crippen molar-refractivity contribution >= 4 is 12.2 Å². The lowest BCUT2D eigenvalue weighted by Gasteiger charge is -2.18. The lowest BCUT2D eigenvalue weighted by atomic mass is 10.1. The van der Waals surface area contributed by atoms with E-state index in [1.165, 1.54) is 0 Å². The first-order chi connectivity index (χ1) is 8.77. The highest BCUT2D eigenvalue weighted by atomic mass is 16.6. The Balaban J connectivity index is 2.44. The molecule has 18 heavy (non-hydrogen) atoms. The van der Waals surface area contributed by atoms with Crippen LogP contribution < -0.4 is 0 Å². The summed E-state index contributed by atoms with van der Waals surface area (Å²) >= 11 is 0. The Hall–Kier alpha value is -1.32. The number of nitrogens with zero attached hydrogens (tertiary/aromatic N) is 1. The molecular formula is C14H23NO3. The molecule has 0 amide bonds. The molecule has 0 saturated carbocycles. The van der Waals surface area contributed by atoms with Crippen LogP contribution in [0.3, 0.4) is 0 Å². The standard InChI is InChI=1S/C14H23NO3/c1-3-5-7-12(8-6-4-2)18-14(16)13-9-10-15-11-17-13/h9-10,12H,3-8,11H2,1-2H3. The number of hydrogen-bond acceptors (Lipinski definition) is 4. The van der Waals surface area contributed by atoms with E-state index in [2.05, 4.69) is 18.8 Å². The maximum atomic E-state index is 11.9. The molecule has 0 N–H and O–H groups in total. The molecule has 0 aliphatic carbocycles. The van der Waals surface area contributed by atoms with Gasteiger partial charge in [-0.3, -0.25) is 4.99 Å². The highest BCUT2D eigenvalue weighted by Crippen LogP contribution is 2.15. The highest BCUT2D eigenvalue weighted by Gasteiger charge is 2.19. The third kappa shape index (κ3) is 5.34. The van der Waals surface area contributed by atoms with Crippen LogP contribution in [0.25, 0.3) is 0 Å². The molecule has 4 nitrogen and oxygen atoms in total. The molecular weight excluding hydrogens is 230 g/mol. The summed E-state index contributed by atoms with van der Waals surface area (Å²) in [6, 6.07) is 0. The van der Waals surface area contributed by atoms with Crippen molar-refractivity contribution in [2.24, 2.45) is 4.99 Å². The maximum absolute atomic E-state index is 11.9. The second kappa shape index (κ2) is 8.72. The molecule has 0 aromatic heterocycles. The minimum absolute atomic E-state index is 0.0146. The van der Waals surface area contributed by atoms with Gasteiger partial charge in [0.15, 0.2) is 6.73 Å². The molecule has 0 saturated heterocycles. The number of esters is 1. The van der Waals surface area contributed by atoms with Crippen LogP contribution in [0.15, 0.2) is 16.8 Å². The number of rotatable bonds is 8. The number of carbonyl (C=O) groups is 1. The average Bonchev–Trinajstić information content (AvgIpc) is 2.42. The van der Waals surface area contributed by atoms with Crippen molar-refractivity contribution < 1.29 is 14.3 Å². The molecule has 0 unspecified atom stereocenters. The van der Waals surface area contributed by atoms with Gasteiger partial charge in [0, 0.05) is 12.3 Å². The number of hydrogen-bond donors (Lipinski definition) is 0. The minimum atomic E-state index is -0.363. The van der Waals surface area contributed by atoms with Gasteiger partial charge in [-0.25, -0.2) is 4.79 Å². The van der Waals surface area contributed by atoms with Crippen molar-refractivity contribution in [2.45, 2.75) is 58.5 Å². The third-order valence-electron chi connectivity index (χ3n) is 2.86. The van der Waals surface area contributed by atoms with Crippen LogP contribution in [-0.4, -0.2) is 25.0 Å². The van der Waals surface area contributed by atoms with Gasteiger partial charge < -0.3 is 9.47 Å². The average molecular weight is 253 g/mol. The lowest BCUT2D eigenvalue weighted by Crippen LogP contribution is -2.21. The van der Waals surface area contributed by atoms with Crippen LogP contribution in [0.5, 0.6) is 0 Å². The molecule has 102 valence electrons. The Morgan fingerprint density at radius 3 is 2.56 bits per heavy atom. The zero-order chi connectivity index (χ0) is 13.2. The summed E-state index contributed by atoms with van der Waals surface area (Å²) in [7, 11) is 0. The smallest absolute Gasteiger partial charge is 0.374 e. The SMILES string of the molecule is CCCCC(CCCC)OC(=O)C1=CC=NCO1. The van der Waals surface area contributed by atoms with E-state index < -0.39 is 0 Å². The van der Waals surface area contributed by atoms with Crippen LogP contribution >= 0.6 is 0 Å². The first-order valence-electron chi connectivity index (χ1n) is 6.81. The lowest BCUT2D eigenvalue weighted by molar-refractivity contribution is -0.149. The van der Waals surface area contributed by atoms with Gasteiger partial charge in [0.2, 0.25) is 5.76 Å². The van der Waals surface area contributed by atoms with Gasteiger partial charge in [0.05, 0.1) is 0 Å².